The summed E-state index contributed by atoms with van der Waals surface area (Å²) in [7, 11) is 0. The summed E-state index contributed by atoms with van der Waals surface area (Å²) in [5.74, 6) is -1.01. The molecule has 6 nitrogen and oxygen atoms in total. The van der Waals surface area contributed by atoms with Gasteiger partial charge in [0.1, 0.15) is 0 Å². The van der Waals surface area contributed by atoms with Crippen LogP contribution in [0.15, 0.2) is 27.8 Å². The number of H-pyrrole nitrogens is 1. The van der Waals surface area contributed by atoms with Crippen molar-refractivity contribution in [1.29, 1.82) is 0 Å². The second-order valence-electron chi connectivity index (χ2n) is 4.56. The van der Waals surface area contributed by atoms with E-state index in [-0.39, 0.29) is 17.7 Å². The van der Waals surface area contributed by atoms with Crippen molar-refractivity contribution >= 4 is 23.4 Å². The molecule has 0 fully saturated rings. The van der Waals surface area contributed by atoms with Crippen LogP contribution in [0.1, 0.15) is 20.9 Å². The predicted molar refractivity (Wildman–Crippen MR) is 80.9 cm³/mol. The maximum Gasteiger partial charge on any atom is 0.328 e. The minimum Gasteiger partial charge on any atom is -0.478 e. The summed E-state index contributed by atoms with van der Waals surface area (Å²) in [5.41, 5.74) is 0.339. The van der Waals surface area contributed by atoms with Gasteiger partial charge in [0.05, 0.1) is 6.54 Å². The fraction of sp³-hybridized carbons (Fsp3) is 0.214. The molecule has 0 saturated carbocycles. The highest BCUT2D eigenvalue weighted by Crippen LogP contribution is 2.18. The van der Waals surface area contributed by atoms with Crippen molar-refractivity contribution in [3.8, 4) is 0 Å². The van der Waals surface area contributed by atoms with Crippen molar-refractivity contribution in [3.05, 3.63) is 59.8 Å². The van der Waals surface area contributed by atoms with Crippen LogP contribution in [0, 0.1) is 13.8 Å². The average Bonchev–Trinajstić information content (AvgIpc) is 2.88. The summed E-state index contributed by atoms with van der Waals surface area (Å²) >= 11 is 1.36. The number of hydrogen-bond donors (Lipinski definition) is 2. The quantitative estimate of drug-likeness (QED) is 0.834. The zero-order valence-corrected chi connectivity index (χ0v) is 12.4. The van der Waals surface area contributed by atoms with Gasteiger partial charge in [0.15, 0.2) is 0 Å². The molecular weight excluding hydrogens is 292 g/mol. The molecule has 0 aromatic carbocycles. The lowest BCUT2D eigenvalue weighted by Crippen LogP contribution is -2.33. The second-order valence-corrected chi connectivity index (χ2v) is 5.76. The highest BCUT2D eigenvalue weighted by molar-refractivity contribution is 7.12. The van der Waals surface area contributed by atoms with Gasteiger partial charge in [-0.15, -0.1) is 11.3 Å². The maximum absolute atomic E-state index is 12.1. The van der Waals surface area contributed by atoms with E-state index in [1.807, 2.05) is 0 Å². The number of nitrogens with one attached hydrogen (secondary N) is 1. The van der Waals surface area contributed by atoms with Crippen LogP contribution in [0.3, 0.4) is 0 Å². The Morgan fingerprint density at radius 1 is 1.33 bits per heavy atom. The highest BCUT2D eigenvalue weighted by atomic mass is 32.1. The molecule has 2 heterocycles. The van der Waals surface area contributed by atoms with E-state index in [1.54, 1.807) is 26.0 Å². The molecule has 0 atom stereocenters. The number of rotatable bonds is 4. The Hall–Kier alpha value is -2.41. The Labute approximate surface area is 124 Å². The first-order chi connectivity index (χ1) is 9.88. The van der Waals surface area contributed by atoms with Gasteiger partial charge in [-0.2, -0.15) is 0 Å². The first-order valence-corrected chi connectivity index (χ1v) is 7.00. The molecule has 2 rings (SSSR count). The van der Waals surface area contributed by atoms with Gasteiger partial charge in [-0.3, -0.25) is 14.7 Å². The fourth-order valence-corrected chi connectivity index (χ4v) is 2.68. The van der Waals surface area contributed by atoms with E-state index in [0.717, 1.165) is 15.8 Å². The lowest BCUT2D eigenvalue weighted by molar-refractivity contribution is -0.131. The van der Waals surface area contributed by atoms with Crippen LogP contribution < -0.4 is 11.1 Å². The molecule has 0 bridgehead atoms. The molecule has 2 aromatic heterocycles. The fourth-order valence-electron chi connectivity index (χ4n) is 1.78. The van der Waals surface area contributed by atoms with E-state index in [1.165, 1.54) is 22.1 Å². The molecule has 0 aliphatic heterocycles. The molecule has 0 unspecified atom stereocenters. The second kappa shape index (κ2) is 5.92. The monoisotopic (exact) mass is 306 g/mol. The lowest BCUT2D eigenvalue weighted by atomic mass is 10.2. The van der Waals surface area contributed by atoms with Crippen LogP contribution in [0.5, 0.6) is 0 Å². The Kier molecular flexibility index (Phi) is 4.23. The number of carbonyl (C=O) groups is 1. The van der Waals surface area contributed by atoms with E-state index >= 15 is 0 Å². The zero-order chi connectivity index (χ0) is 15.6. The van der Waals surface area contributed by atoms with Gasteiger partial charge in [0.25, 0.3) is 11.1 Å². The topological polar surface area (TPSA) is 92.2 Å². The Morgan fingerprint density at radius 2 is 2.05 bits per heavy atom. The number of carboxylic acids is 1. The number of hydrogen-bond acceptors (Lipinski definition) is 4. The third-order valence-corrected chi connectivity index (χ3v) is 4.13. The molecule has 0 aliphatic carbocycles. The minimum atomic E-state index is -1.01. The summed E-state index contributed by atoms with van der Waals surface area (Å²) in [5, 5.41) is 11.1. The zero-order valence-electron chi connectivity index (χ0n) is 11.5. The van der Waals surface area contributed by atoms with E-state index in [9.17, 15) is 14.4 Å². The number of carboxylic acid groups (broad SMARTS) is 1. The molecule has 0 spiro atoms. The molecular formula is C14H14N2O4S. The third-order valence-electron chi connectivity index (χ3n) is 3.09. The number of aromatic amines is 1. The van der Waals surface area contributed by atoms with Crippen molar-refractivity contribution in [3.63, 3.8) is 0 Å². The first kappa shape index (κ1) is 15.0. The summed E-state index contributed by atoms with van der Waals surface area (Å²) in [6, 6.07) is 3.57. The Balaban J connectivity index is 2.30. The number of nitrogens with zero attached hydrogens (tertiary/aromatic N) is 1. The molecule has 7 heteroatoms. The normalized spacial score (nSPS) is 11.1. The molecule has 0 radical (unpaired) electrons. The van der Waals surface area contributed by atoms with Gasteiger partial charge in [0.2, 0.25) is 0 Å². The van der Waals surface area contributed by atoms with Crippen LogP contribution in [0.25, 0.3) is 6.08 Å². The van der Waals surface area contributed by atoms with Gasteiger partial charge in [-0.05, 0) is 32.1 Å². The van der Waals surface area contributed by atoms with Crippen molar-refractivity contribution in [2.75, 3.05) is 0 Å². The van der Waals surface area contributed by atoms with Gasteiger partial charge in [0, 0.05) is 27.0 Å². The maximum atomic E-state index is 12.1. The molecule has 0 amide bonds. The number of aromatic nitrogens is 2. The first-order valence-electron chi connectivity index (χ1n) is 6.18. The van der Waals surface area contributed by atoms with E-state index in [2.05, 4.69) is 5.10 Å². The Bertz CT molecular complexity index is 826. The van der Waals surface area contributed by atoms with Gasteiger partial charge < -0.3 is 5.11 Å². The molecule has 2 aromatic rings. The van der Waals surface area contributed by atoms with E-state index in [0.29, 0.717) is 11.1 Å². The van der Waals surface area contributed by atoms with Crippen LogP contribution >= 0.6 is 11.3 Å². The van der Waals surface area contributed by atoms with Crippen molar-refractivity contribution in [2.24, 2.45) is 0 Å². The smallest absolute Gasteiger partial charge is 0.328 e. The number of aliphatic carboxylic acids is 1. The van der Waals surface area contributed by atoms with E-state index < -0.39 is 5.97 Å². The third kappa shape index (κ3) is 3.38. The van der Waals surface area contributed by atoms with Crippen LogP contribution in [0.2, 0.25) is 0 Å². The molecule has 2 N–H and O–H groups in total. The van der Waals surface area contributed by atoms with Crippen LogP contribution in [-0.2, 0) is 11.3 Å². The standard InChI is InChI=1S/C14H14N2O4S/c1-8-9(2)14(20)16(15-13(8)19)7-11-4-3-10(21-11)5-6-12(17)18/h3-6H,7H2,1-2H3,(H,15,19)(H,17,18). The molecule has 0 saturated heterocycles. The van der Waals surface area contributed by atoms with Gasteiger partial charge in [-0.1, -0.05) is 0 Å². The lowest BCUT2D eigenvalue weighted by Gasteiger charge is -2.06. The SMILES string of the molecule is Cc1c(C)c(=O)n(Cc2ccc(C=CC(=O)O)s2)[nH]c1=O. The van der Waals surface area contributed by atoms with Crippen molar-refractivity contribution < 1.29 is 9.90 Å². The van der Waals surface area contributed by atoms with Crippen LogP contribution in [0.4, 0.5) is 0 Å². The average molecular weight is 306 g/mol. The highest BCUT2D eigenvalue weighted by Gasteiger charge is 2.08. The largest absolute Gasteiger partial charge is 0.478 e. The Morgan fingerprint density at radius 3 is 2.71 bits per heavy atom. The molecule has 0 aliphatic rings. The van der Waals surface area contributed by atoms with Crippen LogP contribution in [-0.4, -0.2) is 20.9 Å². The van der Waals surface area contributed by atoms with Crippen molar-refractivity contribution in [1.82, 2.24) is 9.78 Å². The number of thiophene rings is 1. The molecule has 110 valence electrons. The summed E-state index contributed by atoms with van der Waals surface area (Å²) < 4.78 is 1.27. The predicted octanol–water partition coefficient (Wildman–Crippen LogP) is 1.36. The minimum absolute atomic E-state index is 0.233. The van der Waals surface area contributed by atoms with Gasteiger partial charge >= 0.3 is 5.97 Å². The van der Waals surface area contributed by atoms with Gasteiger partial charge in [-0.25, -0.2) is 9.48 Å². The molecule has 21 heavy (non-hydrogen) atoms. The summed E-state index contributed by atoms with van der Waals surface area (Å²) in [4.78, 5) is 35.8. The summed E-state index contributed by atoms with van der Waals surface area (Å²) in [6.45, 7) is 3.49. The van der Waals surface area contributed by atoms with Crippen molar-refractivity contribution in [2.45, 2.75) is 20.4 Å². The van der Waals surface area contributed by atoms with E-state index in [4.69, 9.17) is 5.11 Å². The summed E-state index contributed by atoms with van der Waals surface area (Å²) in [6.07, 6.45) is 2.54.